The van der Waals surface area contributed by atoms with Crippen molar-refractivity contribution in [1.29, 1.82) is 0 Å². The highest BCUT2D eigenvalue weighted by atomic mass is 79.9. The van der Waals surface area contributed by atoms with E-state index in [9.17, 15) is 0 Å². The summed E-state index contributed by atoms with van der Waals surface area (Å²) in [6, 6.07) is 6.37. The fourth-order valence-corrected chi connectivity index (χ4v) is 3.41. The smallest absolute Gasteiger partial charge is 0.0488 e. The predicted molar refractivity (Wildman–Crippen MR) is 75.9 cm³/mol. The number of rotatable bonds is 1. The third kappa shape index (κ3) is 2.04. The molecule has 1 aromatic heterocycles. The Morgan fingerprint density at radius 3 is 2.62 bits per heavy atom. The quantitative estimate of drug-likeness (QED) is 0.810. The van der Waals surface area contributed by atoms with Crippen LogP contribution in [0.2, 0.25) is 0 Å². The van der Waals surface area contributed by atoms with E-state index < -0.39 is 0 Å². The molecule has 0 aliphatic carbocycles. The summed E-state index contributed by atoms with van der Waals surface area (Å²) in [5, 5.41) is 3.47. The van der Waals surface area contributed by atoms with Crippen molar-refractivity contribution >= 4 is 37.4 Å². The first-order chi connectivity index (χ1) is 7.41. The van der Waals surface area contributed by atoms with Crippen LogP contribution in [0.5, 0.6) is 0 Å². The lowest BCUT2D eigenvalue weighted by atomic mass is 9.83. The highest BCUT2D eigenvalue weighted by Crippen LogP contribution is 2.39. The van der Waals surface area contributed by atoms with Gasteiger partial charge in [0.25, 0.3) is 0 Å². The molecule has 1 unspecified atom stereocenters. The maximum Gasteiger partial charge on any atom is 0.0488 e. The summed E-state index contributed by atoms with van der Waals surface area (Å²) in [4.78, 5) is 0. The van der Waals surface area contributed by atoms with Crippen LogP contribution in [0, 0.1) is 5.41 Å². The van der Waals surface area contributed by atoms with Crippen molar-refractivity contribution < 1.29 is 0 Å². The molecule has 1 nitrogen and oxygen atoms in total. The molecule has 0 aliphatic heterocycles. The van der Waals surface area contributed by atoms with Gasteiger partial charge in [0.05, 0.1) is 0 Å². The molecule has 3 heteroatoms. The Bertz CT molecular complexity index is 510. The Labute approximate surface area is 109 Å². The number of halogens is 1. The molecule has 2 rings (SSSR count). The van der Waals surface area contributed by atoms with E-state index in [1.165, 1.54) is 15.6 Å². The summed E-state index contributed by atoms with van der Waals surface area (Å²) in [5.41, 5.74) is 7.68. The van der Waals surface area contributed by atoms with Crippen LogP contribution < -0.4 is 5.73 Å². The third-order valence-electron chi connectivity index (χ3n) is 2.85. The fourth-order valence-electron chi connectivity index (χ4n) is 1.75. The first-order valence-electron chi connectivity index (χ1n) is 5.32. The molecule has 2 N–H and O–H groups in total. The first-order valence-corrected chi connectivity index (χ1v) is 6.99. The average molecular weight is 298 g/mol. The van der Waals surface area contributed by atoms with Gasteiger partial charge in [0, 0.05) is 15.2 Å². The van der Waals surface area contributed by atoms with E-state index in [1.54, 1.807) is 11.3 Å². The molecule has 0 radical (unpaired) electrons. The summed E-state index contributed by atoms with van der Waals surface area (Å²) < 4.78 is 2.44. The molecule has 0 fully saturated rings. The van der Waals surface area contributed by atoms with Crippen molar-refractivity contribution in [2.24, 2.45) is 11.1 Å². The summed E-state index contributed by atoms with van der Waals surface area (Å²) in [6.07, 6.45) is 0. The largest absolute Gasteiger partial charge is 0.323 e. The summed E-state index contributed by atoms with van der Waals surface area (Å²) in [6.45, 7) is 6.54. The van der Waals surface area contributed by atoms with Crippen LogP contribution in [0.15, 0.2) is 28.1 Å². The second-order valence-corrected chi connectivity index (χ2v) is 6.89. The van der Waals surface area contributed by atoms with Crippen molar-refractivity contribution in [2.45, 2.75) is 26.8 Å². The molecular formula is C13H16BrNS. The number of hydrogen-bond donors (Lipinski definition) is 1. The van der Waals surface area contributed by atoms with Gasteiger partial charge in [-0.15, -0.1) is 11.3 Å². The fraction of sp³-hybridized carbons (Fsp3) is 0.385. The molecule has 2 aromatic rings. The molecule has 0 amide bonds. The Morgan fingerprint density at radius 2 is 2.00 bits per heavy atom. The zero-order chi connectivity index (χ0) is 11.9. The molecule has 1 aromatic carbocycles. The standard InChI is InChI=1S/C13H16BrNS/c1-13(2,3)12(15)9-7-16-11-8(9)5-4-6-10(11)14/h4-7,12H,15H2,1-3H3. The lowest BCUT2D eigenvalue weighted by molar-refractivity contribution is 0.329. The van der Waals surface area contributed by atoms with Crippen molar-refractivity contribution in [1.82, 2.24) is 0 Å². The molecule has 1 heterocycles. The summed E-state index contributed by atoms with van der Waals surface area (Å²) >= 11 is 5.34. The van der Waals surface area contributed by atoms with Gasteiger partial charge in [-0.2, -0.15) is 0 Å². The minimum atomic E-state index is 0.0792. The van der Waals surface area contributed by atoms with Gasteiger partial charge in [-0.25, -0.2) is 0 Å². The zero-order valence-corrected chi connectivity index (χ0v) is 12.2. The SMILES string of the molecule is CC(C)(C)C(N)c1csc2c(Br)cccc12. The summed E-state index contributed by atoms with van der Waals surface area (Å²) in [7, 11) is 0. The second-order valence-electron chi connectivity index (χ2n) is 5.15. The third-order valence-corrected chi connectivity index (χ3v) is 4.82. The number of fused-ring (bicyclic) bond motifs is 1. The van der Waals surface area contributed by atoms with E-state index in [-0.39, 0.29) is 11.5 Å². The topological polar surface area (TPSA) is 26.0 Å². The Kier molecular flexibility index (Phi) is 3.12. The normalized spacial score (nSPS) is 14.3. The molecule has 0 bridgehead atoms. The van der Waals surface area contributed by atoms with E-state index in [2.05, 4.69) is 60.3 Å². The van der Waals surface area contributed by atoms with Crippen LogP contribution >= 0.6 is 27.3 Å². The van der Waals surface area contributed by atoms with Gasteiger partial charge in [-0.05, 0) is 43.7 Å². The van der Waals surface area contributed by atoms with E-state index in [1.807, 2.05) is 0 Å². The van der Waals surface area contributed by atoms with Crippen LogP contribution in [0.1, 0.15) is 32.4 Å². The maximum absolute atomic E-state index is 6.32. The van der Waals surface area contributed by atoms with Crippen LogP contribution in [0.25, 0.3) is 10.1 Å². The van der Waals surface area contributed by atoms with Gasteiger partial charge in [0.2, 0.25) is 0 Å². The highest BCUT2D eigenvalue weighted by Gasteiger charge is 2.24. The van der Waals surface area contributed by atoms with Gasteiger partial charge in [0.15, 0.2) is 0 Å². The zero-order valence-electron chi connectivity index (χ0n) is 9.75. The second kappa shape index (κ2) is 4.13. The Hall–Kier alpha value is -0.380. The van der Waals surface area contributed by atoms with E-state index in [0.717, 1.165) is 4.47 Å². The lowest BCUT2D eigenvalue weighted by Crippen LogP contribution is -2.25. The Balaban J connectivity index is 2.59. The molecule has 0 saturated carbocycles. The van der Waals surface area contributed by atoms with Gasteiger partial charge < -0.3 is 5.73 Å². The summed E-state index contributed by atoms with van der Waals surface area (Å²) in [5.74, 6) is 0. The first kappa shape index (κ1) is 12.1. The minimum Gasteiger partial charge on any atom is -0.323 e. The van der Waals surface area contributed by atoms with Crippen LogP contribution in [0.3, 0.4) is 0 Å². The maximum atomic E-state index is 6.32. The lowest BCUT2D eigenvalue weighted by Gasteiger charge is -2.26. The Morgan fingerprint density at radius 1 is 1.31 bits per heavy atom. The molecule has 0 saturated heterocycles. The van der Waals surface area contributed by atoms with Crippen molar-refractivity contribution in [3.8, 4) is 0 Å². The van der Waals surface area contributed by atoms with Gasteiger partial charge in [0.1, 0.15) is 0 Å². The predicted octanol–water partition coefficient (Wildman–Crippen LogP) is 4.71. The van der Waals surface area contributed by atoms with Gasteiger partial charge >= 0.3 is 0 Å². The molecule has 86 valence electrons. The van der Waals surface area contributed by atoms with E-state index in [0.29, 0.717) is 0 Å². The van der Waals surface area contributed by atoms with E-state index >= 15 is 0 Å². The van der Waals surface area contributed by atoms with Crippen LogP contribution in [0.4, 0.5) is 0 Å². The molecule has 0 aliphatic rings. The minimum absolute atomic E-state index is 0.0792. The molecule has 16 heavy (non-hydrogen) atoms. The van der Waals surface area contributed by atoms with Crippen molar-refractivity contribution in [2.75, 3.05) is 0 Å². The molecular weight excluding hydrogens is 282 g/mol. The number of benzene rings is 1. The molecule has 0 spiro atoms. The van der Waals surface area contributed by atoms with Crippen molar-refractivity contribution in [3.05, 3.63) is 33.6 Å². The van der Waals surface area contributed by atoms with Gasteiger partial charge in [-0.3, -0.25) is 0 Å². The van der Waals surface area contributed by atoms with Crippen LogP contribution in [-0.2, 0) is 0 Å². The molecule has 1 atom stereocenters. The van der Waals surface area contributed by atoms with Crippen molar-refractivity contribution in [3.63, 3.8) is 0 Å². The van der Waals surface area contributed by atoms with Crippen LogP contribution in [-0.4, -0.2) is 0 Å². The monoisotopic (exact) mass is 297 g/mol. The average Bonchev–Trinajstić information content (AvgIpc) is 2.60. The number of nitrogens with two attached hydrogens (primary N) is 1. The number of thiophene rings is 1. The van der Waals surface area contributed by atoms with E-state index in [4.69, 9.17) is 5.73 Å². The number of hydrogen-bond acceptors (Lipinski definition) is 2. The van der Waals surface area contributed by atoms with Gasteiger partial charge in [-0.1, -0.05) is 32.9 Å². The highest BCUT2D eigenvalue weighted by molar-refractivity contribution is 9.10.